The summed E-state index contributed by atoms with van der Waals surface area (Å²) in [4.78, 5) is 13.9. The Hall–Kier alpha value is -2.29. The number of halogens is 1. The van der Waals surface area contributed by atoms with Crippen LogP contribution < -0.4 is 5.73 Å². The number of hydrogen-bond donors (Lipinski definition) is 1. The minimum atomic E-state index is -0.567. The van der Waals surface area contributed by atoms with E-state index in [1.807, 2.05) is 47.2 Å². The van der Waals surface area contributed by atoms with Gasteiger partial charge in [-0.2, -0.15) is 5.26 Å². The Morgan fingerprint density at radius 2 is 2.00 bits per heavy atom. The summed E-state index contributed by atoms with van der Waals surface area (Å²) in [5.74, 6) is -0.0884. The first kappa shape index (κ1) is 18.8. The van der Waals surface area contributed by atoms with Crippen molar-refractivity contribution in [1.82, 2.24) is 9.47 Å². The summed E-state index contributed by atoms with van der Waals surface area (Å²) in [5.41, 5.74) is 7.65. The van der Waals surface area contributed by atoms with Crippen LogP contribution >= 0.6 is 12.4 Å². The van der Waals surface area contributed by atoms with Crippen molar-refractivity contribution in [3.63, 3.8) is 0 Å². The van der Waals surface area contributed by atoms with Gasteiger partial charge in [-0.1, -0.05) is 30.3 Å². The van der Waals surface area contributed by atoms with Crippen LogP contribution in [0, 0.1) is 11.3 Å². The average Bonchev–Trinajstić information content (AvgIpc) is 3.00. The SMILES string of the molecule is CN(Cc1ccccc1)C(=O)C(N)CCn1cccc1C#N.Cl. The molecule has 23 heavy (non-hydrogen) atoms. The van der Waals surface area contributed by atoms with Gasteiger partial charge >= 0.3 is 0 Å². The maximum Gasteiger partial charge on any atom is 0.239 e. The molecule has 0 fully saturated rings. The molecule has 2 aromatic rings. The van der Waals surface area contributed by atoms with Crippen molar-refractivity contribution >= 4 is 18.3 Å². The first-order valence-corrected chi connectivity index (χ1v) is 7.21. The number of likely N-dealkylation sites (N-methyl/N-ethyl adjacent to an activating group) is 1. The van der Waals surface area contributed by atoms with Gasteiger partial charge in [-0.05, 0) is 24.1 Å². The zero-order valence-corrected chi connectivity index (χ0v) is 13.9. The third kappa shape index (κ3) is 5.13. The van der Waals surface area contributed by atoms with Gasteiger partial charge in [-0.15, -0.1) is 12.4 Å². The molecule has 2 N–H and O–H groups in total. The zero-order chi connectivity index (χ0) is 15.9. The van der Waals surface area contributed by atoms with Gasteiger partial charge in [0, 0.05) is 26.3 Å². The first-order chi connectivity index (χ1) is 10.6. The van der Waals surface area contributed by atoms with Crippen molar-refractivity contribution in [2.75, 3.05) is 7.05 Å². The van der Waals surface area contributed by atoms with Gasteiger partial charge in [0.05, 0.1) is 6.04 Å². The number of nitriles is 1. The lowest BCUT2D eigenvalue weighted by molar-refractivity contribution is -0.132. The molecule has 0 aliphatic rings. The van der Waals surface area contributed by atoms with Crippen LogP contribution in [0.4, 0.5) is 0 Å². The molecule has 0 radical (unpaired) electrons. The highest BCUT2D eigenvalue weighted by atomic mass is 35.5. The highest BCUT2D eigenvalue weighted by Gasteiger charge is 2.18. The number of nitrogens with two attached hydrogens (primary N) is 1. The van der Waals surface area contributed by atoms with E-state index in [4.69, 9.17) is 11.0 Å². The minimum Gasteiger partial charge on any atom is -0.340 e. The van der Waals surface area contributed by atoms with Gasteiger partial charge in [-0.25, -0.2) is 0 Å². The largest absolute Gasteiger partial charge is 0.340 e. The van der Waals surface area contributed by atoms with Crippen LogP contribution in [0.1, 0.15) is 17.7 Å². The van der Waals surface area contributed by atoms with Crippen molar-refractivity contribution < 1.29 is 4.79 Å². The fourth-order valence-corrected chi connectivity index (χ4v) is 2.33. The number of aryl methyl sites for hydroxylation is 1. The van der Waals surface area contributed by atoms with E-state index in [1.165, 1.54) is 0 Å². The number of carbonyl (C=O) groups excluding carboxylic acids is 1. The molecular formula is C17H21ClN4O. The third-order valence-electron chi connectivity index (χ3n) is 3.58. The van der Waals surface area contributed by atoms with E-state index < -0.39 is 6.04 Å². The Morgan fingerprint density at radius 3 is 2.65 bits per heavy atom. The highest BCUT2D eigenvalue weighted by molar-refractivity contribution is 5.85. The first-order valence-electron chi connectivity index (χ1n) is 7.21. The minimum absolute atomic E-state index is 0. The number of hydrogen-bond acceptors (Lipinski definition) is 3. The molecule has 0 saturated carbocycles. The molecule has 0 aliphatic heterocycles. The zero-order valence-electron chi connectivity index (χ0n) is 13.1. The summed E-state index contributed by atoms with van der Waals surface area (Å²) in [6.07, 6.45) is 2.32. The van der Waals surface area contributed by atoms with Crippen molar-refractivity contribution in [3.8, 4) is 6.07 Å². The summed E-state index contributed by atoms with van der Waals surface area (Å²) in [5, 5.41) is 8.96. The monoisotopic (exact) mass is 332 g/mol. The predicted octanol–water partition coefficient (Wildman–Crippen LogP) is 2.16. The van der Waals surface area contributed by atoms with Crippen molar-refractivity contribution in [2.24, 2.45) is 5.73 Å². The molecule has 6 heteroatoms. The molecule has 5 nitrogen and oxygen atoms in total. The van der Waals surface area contributed by atoms with Crippen molar-refractivity contribution in [3.05, 3.63) is 59.9 Å². The smallest absolute Gasteiger partial charge is 0.239 e. The second kappa shape index (κ2) is 8.99. The van der Waals surface area contributed by atoms with Gasteiger partial charge in [0.2, 0.25) is 5.91 Å². The molecule has 1 amide bonds. The van der Waals surface area contributed by atoms with Crippen LogP contribution in [0.15, 0.2) is 48.7 Å². The second-order valence-corrected chi connectivity index (χ2v) is 5.27. The molecule has 1 atom stereocenters. The molecule has 0 aliphatic carbocycles. The highest BCUT2D eigenvalue weighted by Crippen LogP contribution is 2.07. The van der Waals surface area contributed by atoms with Crippen LogP contribution in [-0.2, 0) is 17.9 Å². The lowest BCUT2D eigenvalue weighted by atomic mass is 10.1. The molecule has 2 rings (SSSR count). The van der Waals surface area contributed by atoms with E-state index in [9.17, 15) is 4.79 Å². The normalized spacial score (nSPS) is 11.2. The molecule has 1 aromatic carbocycles. The van der Waals surface area contributed by atoms with E-state index in [0.717, 1.165) is 5.56 Å². The van der Waals surface area contributed by atoms with Crippen LogP contribution in [0.2, 0.25) is 0 Å². The quantitative estimate of drug-likeness (QED) is 0.880. The molecule has 0 spiro atoms. The molecule has 1 unspecified atom stereocenters. The molecule has 1 heterocycles. The molecular weight excluding hydrogens is 312 g/mol. The predicted molar refractivity (Wildman–Crippen MR) is 91.9 cm³/mol. The lowest BCUT2D eigenvalue weighted by Gasteiger charge is -2.21. The maximum absolute atomic E-state index is 12.3. The van der Waals surface area contributed by atoms with E-state index in [1.54, 1.807) is 18.0 Å². The van der Waals surface area contributed by atoms with Gasteiger partial charge < -0.3 is 15.2 Å². The maximum atomic E-state index is 12.3. The topological polar surface area (TPSA) is 75.0 Å². The van der Waals surface area contributed by atoms with Gasteiger partial charge in [0.1, 0.15) is 11.8 Å². The summed E-state index contributed by atoms with van der Waals surface area (Å²) >= 11 is 0. The number of carbonyl (C=O) groups is 1. The standard InChI is InChI=1S/C17H20N4O.ClH/c1-20(13-14-6-3-2-4-7-14)17(22)16(19)9-11-21-10-5-8-15(21)12-18;/h2-8,10,16H,9,11,13,19H2,1H3;1H. The summed E-state index contributed by atoms with van der Waals surface area (Å²) in [6, 6.07) is 14.9. The van der Waals surface area contributed by atoms with Gasteiger partial charge in [0.25, 0.3) is 0 Å². The Kier molecular flexibility index (Phi) is 7.33. The second-order valence-electron chi connectivity index (χ2n) is 5.27. The Labute approximate surface area is 142 Å². The van der Waals surface area contributed by atoms with E-state index in [2.05, 4.69) is 6.07 Å². The lowest BCUT2D eigenvalue weighted by Crippen LogP contribution is -2.42. The van der Waals surface area contributed by atoms with Gasteiger partial charge in [0.15, 0.2) is 0 Å². The molecule has 0 saturated heterocycles. The fraction of sp³-hybridized carbons (Fsp3) is 0.294. The Bertz CT molecular complexity index is 663. The van der Waals surface area contributed by atoms with E-state index in [-0.39, 0.29) is 18.3 Å². The average molecular weight is 333 g/mol. The van der Waals surface area contributed by atoms with Crippen molar-refractivity contribution in [1.29, 1.82) is 5.26 Å². The van der Waals surface area contributed by atoms with Crippen molar-refractivity contribution in [2.45, 2.75) is 25.6 Å². The summed E-state index contributed by atoms with van der Waals surface area (Å²) < 4.78 is 1.81. The van der Waals surface area contributed by atoms with E-state index in [0.29, 0.717) is 25.2 Å². The fourth-order valence-electron chi connectivity index (χ4n) is 2.33. The van der Waals surface area contributed by atoms with Crippen LogP contribution in [0.5, 0.6) is 0 Å². The third-order valence-corrected chi connectivity index (χ3v) is 3.58. The molecule has 0 bridgehead atoms. The molecule has 1 aromatic heterocycles. The number of rotatable bonds is 6. The summed E-state index contributed by atoms with van der Waals surface area (Å²) in [7, 11) is 1.76. The van der Waals surface area contributed by atoms with Crippen LogP contribution in [0.25, 0.3) is 0 Å². The van der Waals surface area contributed by atoms with Crippen LogP contribution in [0.3, 0.4) is 0 Å². The van der Waals surface area contributed by atoms with Crippen LogP contribution in [-0.4, -0.2) is 28.5 Å². The van der Waals surface area contributed by atoms with E-state index >= 15 is 0 Å². The summed E-state index contributed by atoms with van der Waals surface area (Å²) in [6.45, 7) is 1.10. The number of aromatic nitrogens is 1. The Morgan fingerprint density at radius 1 is 1.30 bits per heavy atom. The number of nitrogens with zero attached hydrogens (tertiary/aromatic N) is 3. The Balaban J connectivity index is 0.00000264. The van der Waals surface area contributed by atoms with Gasteiger partial charge in [-0.3, -0.25) is 4.79 Å². The number of benzene rings is 1. The number of amides is 1. The molecule has 122 valence electrons.